The zero-order valence-electron chi connectivity index (χ0n) is 14.5. The summed E-state index contributed by atoms with van der Waals surface area (Å²) in [6, 6.07) is 19.5. The highest BCUT2D eigenvalue weighted by Crippen LogP contribution is 2.23. The van der Waals surface area contributed by atoms with E-state index in [9.17, 15) is 19.7 Å². The van der Waals surface area contributed by atoms with E-state index < -0.39 is 10.8 Å². The molecule has 0 spiro atoms. The maximum absolute atomic E-state index is 12.8. The standard InChI is InChI=1S/C21H16N2O4/c1-14-13-16(23(26)27)11-12-19(14)22-21(25)18-10-6-5-9-17(18)20(24)15-7-3-2-4-8-15/h2-13H,1H3,(H,22,25). The molecule has 3 aromatic carbocycles. The lowest BCUT2D eigenvalue weighted by molar-refractivity contribution is -0.384. The zero-order valence-corrected chi connectivity index (χ0v) is 14.5. The van der Waals surface area contributed by atoms with E-state index in [0.29, 0.717) is 22.4 Å². The summed E-state index contributed by atoms with van der Waals surface area (Å²) in [5.41, 5.74) is 1.98. The van der Waals surface area contributed by atoms with Crippen molar-refractivity contribution in [2.24, 2.45) is 0 Å². The molecule has 6 nitrogen and oxygen atoms in total. The van der Waals surface area contributed by atoms with Crippen molar-refractivity contribution in [1.29, 1.82) is 0 Å². The van der Waals surface area contributed by atoms with Crippen LogP contribution in [0, 0.1) is 17.0 Å². The number of nitrogens with one attached hydrogen (secondary N) is 1. The van der Waals surface area contributed by atoms with Crippen molar-refractivity contribution in [2.45, 2.75) is 6.92 Å². The van der Waals surface area contributed by atoms with E-state index in [-0.39, 0.29) is 17.0 Å². The van der Waals surface area contributed by atoms with Gasteiger partial charge in [-0.1, -0.05) is 48.5 Å². The van der Waals surface area contributed by atoms with Crippen molar-refractivity contribution in [3.05, 3.63) is 105 Å². The lowest BCUT2D eigenvalue weighted by atomic mass is 9.98. The Morgan fingerprint density at radius 3 is 2.15 bits per heavy atom. The first-order valence-corrected chi connectivity index (χ1v) is 8.22. The molecule has 0 atom stereocenters. The minimum Gasteiger partial charge on any atom is -0.322 e. The fourth-order valence-corrected chi connectivity index (χ4v) is 2.72. The Labute approximate surface area is 155 Å². The Bertz CT molecular complexity index is 1030. The molecule has 0 aliphatic heterocycles. The largest absolute Gasteiger partial charge is 0.322 e. The van der Waals surface area contributed by atoms with Crippen LogP contribution in [-0.4, -0.2) is 16.6 Å². The van der Waals surface area contributed by atoms with Crippen LogP contribution >= 0.6 is 0 Å². The minimum absolute atomic E-state index is 0.0508. The predicted molar refractivity (Wildman–Crippen MR) is 102 cm³/mol. The summed E-state index contributed by atoms with van der Waals surface area (Å²) in [6.07, 6.45) is 0. The fraction of sp³-hybridized carbons (Fsp3) is 0.0476. The number of non-ortho nitro benzene ring substituents is 1. The third-order valence-corrected chi connectivity index (χ3v) is 4.12. The smallest absolute Gasteiger partial charge is 0.269 e. The van der Waals surface area contributed by atoms with Crippen molar-refractivity contribution >= 4 is 23.1 Å². The van der Waals surface area contributed by atoms with E-state index in [1.807, 2.05) is 6.07 Å². The van der Waals surface area contributed by atoms with Gasteiger partial charge in [-0.3, -0.25) is 19.7 Å². The van der Waals surface area contributed by atoms with E-state index in [0.717, 1.165) is 0 Å². The molecule has 0 unspecified atom stereocenters. The van der Waals surface area contributed by atoms with Crippen LogP contribution in [0.25, 0.3) is 0 Å². The summed E-state index contributed by atoms with van der Waals surface area (Å²) in [5.74, 6) is -0.700. The maximum Gasteiger partial charge on any atom is 0.269 e. The van der Waals surface area contributed by atoms with Gasteiger partial charge in [0.05, 0.1) is 10.5 Å². The molecule has 27 heavy (non-hydrogen) atoms. The lowest BCUT2D eigenvalue weighted by Gasteiger charge is -2.11. The number of nitro groups is 1. The van der Waals surface area contributed by atoms with Gasteiger partial charge in [0.15, 0.2) is 5.78 Å². The molecule has 0 heterocycles. The molecular weight excluding hydrogens is 344 g/mol. The number of hydrogen-bond acceptors (Lipinski definition) is 4. The number of nitro benzene ring substituents is 1. The second-order valence-electron chi connectivity index (χ2n) is 5.95. The highest BCUT2D eigenvalue weighted by atomic mass is 16.6. The van der Waals surface area contributed by atoms with Crippen LogP contribution in [-0.2, 0) is 0 Å². The molecule has 0 aliphatic carbocycles. The minimum atomic E-state index is -0.494. The number of anilines is 1. The van der Waals surface area contributed by atoms with Crippen LogP contribution in [0.3, 0.4) is 0 Å². The van der Waals surface area contributed by atoms with Crippen LogP contribution in [0.5, 0.6) is 0 Å². The van der Waals surface area contributed by atoms with E-state index in [2.05, 4.69) is 5.32 Å². The summed E-state index contributed by atoms with van der Waals surface area (Å²) in [5, 5.41) is 13.6. The predicted octanol–water partition coefficient (Wildman–Crippen LogP) is 4.39. The van der Waals surface area contributed by atoms with Gasteiger partial charge in [0.1, 0.15) is 0 Å². The van der Waals surface area contributed by atoms with Crippen LogP contribution in [0.2, 0.25) is 0 Å². The molecule has 3 aromatic rings. The first-order chi connectivity index (χ1) is 13.0. The zero-order chi connectivity index (χ0) is 19.4. The maximum atomic E-state index is 12.8. The second kappa shape index (κ2) is 7.61. The summed E-state index contributed by atoms with van der Waals surface area (Å²) < 4.78 is 0. The van der Waals surface area contributed by atoms with Crippen LogP contribution in [0.15, 0.2) is 72.8 Å². The lowest BCUT2D eigenvalue weighted by Crippen LogP contribution is -2.17. The molecule has 0 bridgehead atoms. The molecule has 1 N–H and O–H groups in total. The van der Waals surface area contributed by atoms with Gasteiger partial charge in [-0.05, 0) is 24.6 Å². The Morgan fingerprint density at radius 2 is 1.52 bits per heavy atom. The van der Waals surface area contributed by atoms with Gasteiger partial charge < -0.3 is 5.32 Å². The molecule has 134 valence electrons. The quantitative estimate of drug-likeness (QED) is 0.415. The Balaban J connectivity index is 1.90. The molecule has 0 fully saturated rings. The van der Waals surface area contributed by atoms with Crippen LogP contribution < -0.4 is 5.32 Å². The molecule has 3 rings (SSSR count). The summed E-state index contributed by atoms with van der Waals surface area (Å²) in [7, 11) is 0. The molecule has 0 aromatic heterocycles. The Hall–Kier alpha value is -3.80. The van der Waals surface area contributed by atoms with Crippen LogP contribution in [0.4, 0.5) is 11.4 Å². The number of carbonyl (C=O) groups is 2. The first kappa shape index (κ1) is 18.0. The highest BCUT2D eigenvalue weighted by Gasteiger charge is 2.19. The number of rotatable bonds is 5. The number of benzene rings is 3. The highest BCUT2D eigenvalue weighted by molar-refractivity contribution is 6.17. The van der Waals surface area contributed by atoms with Gasteiger partial charge in [0, 0.05) is 28.9 Å². The number of nitrogens with zero attached hydrogens (tertiary/aromatic N) is 1. The third kappa shape index (κ3) is 3.90. The van der Waals surface area contributed by atoms with Gasteiger partial charge in [-0.25, -0.2) is 0 Å². The number of carbonyl (C=O) groups excluding carboxylic acids is 2. The van der Waals surface area contributed by atoms with Gasteiger partial charge in [-0.2, -0.15) is 0 Å². The number of ketones is 1. The molecular formula is C21H16N2O4. The van der Waals surface area contributed by atoms with Crippen molar-refractivity contribution in [1.82, 2.24) is 0 Å². The van der Waals surface area contributed by atoms with Crippen molar-refractivity contribution in [3.63, 3.8) is 0 Å². The van der Waals surface area contributed by atoms with E-state index in [4.69, 9.17) is 0 Å². The van der Waals surface area contributed by atoms with Crippen molar-refractivity contribution in [3.8, 4) is 0 Å². The summed E-state index contributed by atoms with van der Waals surface area (Å²) >= 11 is 0. The third-order valence-electron chi connectivity index (χ3n) is 4.12. The van der Waals surface area contributed by atoms with Gasteiger partial charge >= 0.3 is 0 Å². The van der Waals surface area contributed by atoms with Crippen molar-refractivity contribution < 1.29 is 14.5 Å². The Kier molecular flexibility index (Phi) is 5.08. The molecule has 0 saturated carbocycles. The topological polar surface area (TPSA) is 89.3 Å². The first-order valence-electron chi connectivity index (χ1n) is 8.22. The van der Waals surface area contributed by atoms with E-state index in [1.165, 1.54) is 18.2 Å². The van der Waals surface area contributed by atoms with E-state index in [1.54, 1.807) is 55.5 Å². The Morgan fingerprint density at radius 1 is 0.889 bits per heavy atom. The van der Waals surface area contributed by atoms with Gasteiger partial charge in [-0.15, -0.1) is 0 Å². The van der Waals surface area contributed by atoms with Crippen molar-refractivity contribution in [2.75, 3.05) is 5.32 Å². The van der Waals surface area contributed by atoms with Gasteiger partial charge in [0.2, 0.25) is 0 Å². The second-order valence-corrected chi connectivity index (χ2v) is 5.95. The summed E-state index contributed by atoms with van der Waals surface area (Å²) in [4.78, 5) is 35.8. The van der Waals surface area contributed by atoms with Crippen LogP contribution in [0.1, 0.15) is 31.8 Å². The van der Waals surface area contributed by atoms with E-state index >= 15 is 0 Å². The average molecular weight is 360 g/mol. The number of amides is 1. The average Bonchev–Trinajstić information content (AvgIpc) is 2.69. The molecule has 0 saturated heterocycles. The molecule has 0 radical (unpaired) electrons. The summed E-state index contributed by atoms with van der Waals surface area (Å²) in [6.45, 7) is 1.67. The fourth-order valence-electron chi connectivity index (χ4n) is 2.72. The molecule has 6 heteroatoms. The van der Waals surface area contributed by atoms with Gasteiger partial charge in [0.25, 0.3) is 11.6 Å². The SMILES string of the molecule is Cc1cc([N+](=O)[O-])ccc1NC(=O)c1ccccc1C(=O)c1ccccc1. The number of aryl methyl sites for hydroxylation is 1. The molecule has 0 aliphatic rings. The monoisotopic (exact) mass is 360 g/mol. The number of hydrogen-bond donors (Lipinski definition) is 1. The normalized spacial score (nSPS) is 10.3. The molecule has 1 amide bonds.